The highest BCUT2D eigenvalue weighted by atomic mass is 16.6. The molecule has 10 nitrogen and oxygen atoms in total. The van der Waals surface area contributed by atoms with Crippen LogP contribution in [0.4, 0.5) is 10.5 Å². The number of hydrogen-bond acceptors (Lipinski definition) is 7. The second-order valence-corrected chi connectivity index (χ2v) is 7.07. The van der Waals surface area contributed by atoms with Crippen LogP contribution in [0.5, 0.6) is 11.5 Å². The Balaban J connectivity index is 2.28. The van der Waals surface area contributed by atoms with Gasteiger partial charge in [0, 0.05) is 0 Å². The maximum atomic E-state index is 13.0. The molecule has 2 aromatic rings. The molecule has 0 saturated carbocycles. The first kappa shape index (κ1) is 23.6. The lowest BCUT2D eigenvalue weighted by Gasteiger charge is -2.29. The summed E-state index contributed by atoms with van der Waals surface area (Å²) in [6.45, 7) is 4.00. The Morgan fingerprint density at radius 1 is 1.15 bits per heavy atom. The number of hydrogen-bond donors (Lipinski definition) is 2. The van der Waals surface area contributed by atoms with Crippen LogP contribution in [0.1, 0.15) is 37.4 Å². The Morgan fingerprint density at radius 2 is 1.88 bits per heavy atom. The minimum absolute atomic E-state index is 0.0392. The van der Waals surface area contributed by atoms with Crippen LogP contribution in [0.15, 0.2) is 48.0 Å². The first-order chi connectivity index (χ1) is 15.9. The quantitative estimate of drug-likeness (QED) is 0.335. The summed E-state index contributed by atoms with van der Waals surface area (Å²) in [4.78, 5) is 37.0. The van der Waals surface area contributed by atoms with Gasteiger partial charge >= 0.3 is 12.0 Å². The number of methoxy groups -OCH3 is 1. The van der Waals surface area contributed by atoms with Crippen LogP contribution in [-0.2, 0) is 9.53 Å². The number of nitrogens with one attached hydrogen (secondary N) is 2. The molecule has 1 aliphatic rings. The molecular weight excluding hydrogens is 430 g/mol. The summed E-state index contributed by atoms with van der Waals surface area (Å²) in [7, 11) is 1.38. The summed E-state index contributed by atoms with van der Waals surface area (Å²) < 4.78 is 16.2. The summed E-state index contributed by atoms with van der Waals surface area (Å²) in [6.07, 6.45) is 0.700. The van der Waals surface area contributed by atoms with Gasteiger partial charge in [0.05, 0.1) is 54.2 Å². The zero-order valence-electron chi connectivity index (χ0n) is 18.5. The van der Waals surface area contributed by atoms with Gasteiger partial charge in [-0.3, -0.25) is 10.1 Å². The lowest BCUT2D eigenvalue weighted by Crippen LogP contribution is -2.45. The molecule has 1 heterocycles. The predicted molar refractivity (Wildman–Crippen MR) is 120 cm³/mol. The number of carbonyl (C=O) groups is 2. The van der Waals surface area contributed by atoms with E-state index in [2.05, 4.69) is 10.6 Å². The van der Waals surface area contributed by atoms with E-state index in [9.17, 15) is 19.7 Å². The van der Waals surface area contributed by atoms with Gasteiger partial charge in [0.25, 0.3) is 5.69 Å². The van der Waals surface area contributed by atoms with E-state index in [1.807, 2.05) is 6.92 Å². The van der Waals surface area contributed by atoms with Crippen molar-refractivity contribution in [2.45, 2.75) is 26.3 Å². The Kier molecular flexibility index (Phi) is 7.50. The second-order valence-electron chi connectivity index (χ2n) is 7.07. The SMILES string of the molecule is CCCOc1cc(C2NC(=O)NC(c3ccccc3)=C2C(=O)OCC)c([N+](=O)[O-])cc1OC. The molecule has 1 aliphatic heterocycles. The zero-order chi connectivity index (χ0) is 24.0. The molecule has 2 amide bonds. The molecule has 0 radical (unpaired) electrons. The lowest BCUT2D eigenvalue weighted by atomic mass is 9.91. The van der Waals surface area contributed by atoms with Crippen LogP contribution < -0.4 is 20.1 Å². The van der Waals surface area contributed by atoms with Crippen molar-refractivity contribution in [3.63, 3.8) is 0 Å². The molecule has 33 heavy (non-hydrogen) atoms. The van der Waals surface area contributed by atoms with Crippen LogP contribution in [-0.4, -0.2) is 37.2 Å². The summed E-state index contributed by atoms with van der Waals surface area (Å²) in [5, 5.41) is 17.2. The van der Waals surface area contributed by atoms with E-state index in [4.69, 9.17) is 14.2 Å². The molecule has 0 bridgehead atoms. The van der Waals surface area contributed by atoms with Gasteiger partial charge in [0.1, 0.15) is 0 Å². The van der Waals surface area contributed by atoms with Gasteiger partial charge in [-0.25, -0.2) is 9.59 Å². The van der Waals surface area contributed by atoms with Crippen LogP contribution in [0, 0.1) is 10.1 Å². The molecule has 1 unspecified atom stereocenters. The lowest BCUT2D eigenvalue weighted by molar-refractivity contribution is -0.385. The van der Waals surface area contributed by atoms with Crippen molar-refractivity contribution in [2.75, 3.05) is 20.3 Å². The van der Waals surface area contributed by atoms with E-state index in [1.165, 1.54) is 19.2 Å². The van der Waals surface area contributed by atoms with Crippen molar-refractivity contribution in [1.29, 1.82) is 0 Å². The fourth-order valence-corrected chi connectivity index (χ4v) is 3.50. The van der Waals surface area contributed by atoms with E-state index in [0.717, 1.165) is 0 Å². The number of carbonyl (C=O) groups excluding carboxylic acids is 2. The molecule has 2 N–H and O–H groups in total. The van der Waals surface area contributed by atoms with Crippen LogP contribution >= 0.6 is 0 Å². The van der Waals surface area contributed by atoms with Gasteiger partial charge in [-0.2, -0.15) is 0 Å². The second kappa shape index (κ2) is 10.5. The highest BCUT2D eigenvalue weighted by molar-refractivity contribution is 6.04. The number of esters is 1. The molecule has 0 aliphatic carbocycles. The fraction of sp³-hybridized carbons (Fsp3) is 0.304. The minimum Gasteiger partial charge on any atom is -0.493 e. The zero-order valence-corrected chi connectivity index (χ0v) is 18.5. The van der Waals surface area contributed by atoms with Crippen molar-refractivity contribution in [3.8, 4) is 11.5 Å². The third-order valence-corrected chi connectivity index (χ3v) is 4.91. The number of nitro groups is 1. The van der Waals surface area contributed by atoms with Gasteiger partial charge in [0.2, 0.25) is 0 Å². The maximum absolute atomic E-state index is 13.0. The van der Waals surface area contributed by atoms with Gasteiger partial charge in [-0.05, 0) is 25.0 Å². The van der Waals surface area contributed by atoms with Gasteiger partial charge in [0.15, 0.2) is 11.5 Å². The van der Waals surface area contributed by atoms with Crippen LogP contribution in [0.3, 0.4) is 0 Å². The summed E-state index contributed by atoms with van der Waals surface area (Å²) >= 11 is 0. The molecule has 0 aromatic heterocycles. The number of rotatable bonds is 9. The molecule has 2 aromatic carbocycles. The van der Waals surface area contributed by atoms with Crippen LogP contribution in [0.2, 0.25) is 0 Å². The monoisotopic (exact) mass is 455 g/mol. The van der Waals surface area contributed by atoms with E-state index < -0.39 is 23.0 Å². The first-order valence-electron chi connectivity index (χ1n) is 10.4. The fourth-order valence-electron chi connectivity index (χ4n) is 3.50. The smallest absolute Gasteiger partial charge is 0.338 e. The highest BCUT2D eigenvalue weighted by Crippen LogP contribution is 2.42. The largest absolute Gasteiger partial charge is 0.493 e. The standard InChI is InChI=1S/C23H25N3O7/c1-4-11-33-18-12-15(16(26(29)30)13-17(18)31-3)21-19(22(27)32-5-2)20(24-23(28)25-21)14-9-7-6-8-10-14/h6-10,12-13,21H,4-5,11H2,1-3H3,(H2,24,25,28). The first-order valence-corrected chi connectivity index (χ1v) is 10.4. The Morgan fingerprint density at radius 3 is 2.48 bits per heavy atom. The molecule has 1 atom stereocenters. The Labute approximate surface area is 190 Å². The number of benzene rings is 2. The average Bonchev–Trinajstić information content (AvgIpc) is 2.82. The third kappa shape index (κ3) is 5.05. The number of urea groups is 1. The van der Waals surface area contributed by atoms with E-state index in [0.29, 0.717) is 18.6 Å². The molecule has 174 valence electrons. The Hall–Kier alpha value is -4.08. The summed E-state index contributed by atoms with van der Waals surface area (Å²) in [5.74, 6) is -0.281. The molecule has 0 spiro atoms. The molecule has 0 saturated heterocycles. The summed E-state index contributed by atoms with van der Waals surface area (Å²) in [6, 6.07) is 9.59. The normalized spacial score (nSPS) is 15.4. The minimum atomic E-state index is -1.16. The van der Waals surface area contributed by atoms with E-state index >= 15 is 0 Å². The van der Waals surface area contributed by atoms with Crippen molar-refractivity contribution in [1.82, 2.24) is 10.6 Å². The topological polar surface area (TPSA) is 129 Å². The molecular formula is C23H25N3O7. The van der Waals surface area contributed by atoms with Crippen LogP contribution in [0.25, 0.3) is 5.70 Å². The number of ether oxygens (including phenoxy) is 3. The Bertz CT molecular complexity index is 1080. The van der Waals surface area contributed by atoms with Crippen molar-refractivity contribution < 1.29 is 28.7 Å². The van der Waals surface area contributed by atoms with Gasteiger partial charge in [-0.15, -0.1) is 0 Å². The van der Waals surface area contributed by atoms with Crippen molar-refractivity contribution >= 4 is 23.4 Å². The maximum Gasteiger partial charge on any atom is 0.338 e. The van der Waals surface area contributed by atoms with Gasteiger partial charge < -0.3 is 24.8 Å². The third-order valence-electron chi connectivity index (χ3n) is 4.91. The number of nitrogens with zero attached hydrogens (tertiary/aromatic N) is 1. The van der Waals surface area contributed by atoms with Crippen molar-refractivity contribution in [3.05, 3.63) is 69.3 Å². The van der Waals surface area contributed by atoms with Crippen molar-refractivity contribution in [2.24, 2.45) is 0 Å². The number of nitro benzene ring substituents is 1. The van der Waals surface area contributed by atoms with E-state index in [-0.39, 0.29) is 40.6 Å². The summed E-state index contributed by atoms with van der Waals surface area (Å²) in [5.41, 5.74) is 0.538. The number of amides is 2. The predicted octanol–water partition coefficient (Wildman–Crippen LogP) is 3.72. The molecule has 10 heteroatoms. The molecule has 3 rings (SSSR count). The molecule has 0 fully saturated rings. The van der Waals surface area contributed by atoms with E-state index in [1.54, 1.807) is 37.3 Å². The highest BCUT2D eigenvalue weighted by Gasteiger charge is 2.38. The average molecular weight is 455 g/mol. The van der Waals surface area contributed by atoms with Gasteiger partial charge in [-0.1, -0.05) is 37.3 Å².